The number of benzene rings is 2. The van der Waals surface area contributed by atoms with Crippen molar-refractivity contribution in [3.63, 3.8) is 0 Å². The normalized spacial score (nSPS) is 10.3. The largest absolute Gasteiger partial charge is 0.497 e. The van der Waals surface area contributed by atoms with Crippen LogP contribution in [0, 0.1) is 6.92 Å². The second-order valence-corrected chi connectivity index (χ2v) is 6.26. The number of aromatic nitrogens is 2. The molecule has 0 spiro atoms. The van der Waals surface area contributed by atoms with Crippen molar-refractivity contribution in [2.75, 3.05) is 12.4 Å². The third-order valence-corrected chi connectivity index (χ3v) is 4.44. The monoisotopic (exact) mass is 382 g/mol. The minimum Gasteiger partial charge on any atom is -0.497 e. The molecule has 0 aliphatic rings. The number of nitrogens with zero attached hydrogens (tertiary/aromatic N) is 2. The Kier molecular flexibility index (Phi) is 5.88. The number of halogens is 1. The molecule has 27 heavy (non-hydrogen) atoms. The molecule has 2 N–H and O–H groups in total. The smallest absolute Gasteiger partial charge is 0.271 e. The summed E-state index contributed by atoms with van der Waals surface area (Å²) in [5, 5.41) is 6.63. The van der Waals surface area contributed by atoms with Crippen LogP contribution in [0.5, 0.6) is 5.75 Å². The lowest BCUT2D eigenvalue weighted by atomic mass is 10.2. The summed E-state index contributed by atoms with van der Waals surface area (Å²) in [4.78, 5) is 20.7. The van der Waals surface area contributed by atoms with Crippen LogP contribution in [-0.4, -0.2) is 23.0 Å². The van der Waals surface area contributed by atoms with Gasteiger partial charge in [0.15, 0.2) is 0 Å². The number of amides is 1. The molecule has 7 heteroatoms. The zero-order chi connectivity index (χ0) is 19.2. The van der Waals surface area contributed by atoms with Gasteiger partial charge in [0.05, 0.1) is 19.5 Å². The van der Waals surface area contributed by atoms with E-state index < -0.39 is 0 Å². The van der Waals surface area contributed by atoms with Crippen LogP contribution in [-0.2, 0) is 6.54 Å². The molecule has 3 rings (SSSR count). The van der Waals surface area contributed by atoms with Crippen LogP contribution < -0.4 is 15.4 Å². The zero-order valence-corrected chi connectivity index (χ0v) is 15.7. The van der Waals surface area contributed by atoms with Gasteiger partial charge < -0.3 is 15.4 Å². The van der Waals surface area contributed by atoms with Crippen molar-refractivity contribution in [2.45, 2.75) is 13.5 Å². The van der Waals surface area contributed by atoms with Crippen molar-refractivity contribution in [2.24, 2.45) is 0 Å². The fraction of sp³-hybridized carbons (Fsp3) is 0.150. The molecule has 3 aromatic rings. The van der Waals surface area contributed by atoms with E-state index in [9.17, 15) is 4.79 Å². The minimum absolute atomic E-state index is 0.247. The minimum atomic E-state index is -0.288. The van der Waals surface area contributed by atoms with Crippen molar-refractivity contribution in [1.82, 2.24) is 15.3 Å². The van der Waals surface area contributed by atoms with Gasteiger partial charge in [0.1, 0.15) is 17.3 Å². The first kappa shape index (κ1) is 18.7. The van der Waals surface area contributed by atoms with Crippen molar-refractivity contribution in [3.05, 3.63) is 76.7 Å². The van der Waals surface area contributed by atoms with Gasteiger partial charge in [0, 0.05) is 17.3 Å². The highest BCUT2D eigenvalue weighted by Gasteiger charge is 2.09. The van der Waals surface area contributed by atoms with E-state index >= 15 is 0 Å². The lowest BCUT2D eigenvalue weighted by molar-refractivity contribution is 0.0945. The number of hydrogen-bond donors (Lipinski definition) is 2. The summed E-state index contributed by atoms with van der Waals surface area (Å²) in [7, 11) is 1.61. The number of anilines is 2. The molecule has 6 nitrogen and oxygen atoms in total. The predicted molar refractivity (Wildman–Crippen MR) is 106 cm³/mol. The van der Waals surface area contributed by atoms with Gasteiger partial charge in [-0.3, -0.25) is 4.79 Å². The number of carbonyl (C=O) groups excluding carboxylic acids is 1. The summed E-state index contributed by atoms with van der Waals surface area (Å²) in [5.74, 6) is 1.02. The van der Waals surface area contributed by atoms with Crippen LogP contribution in [0.15, 0.2) is 54.9 Å². The van der Waals surface area contributed by atoms with Gasteiger partial charge >= 0.3 is 0 Å². The van der Waals surface area contributed by atoms with Gasteiger partial charge in [-0.15, -0.1) is 0 Å². The van der Waals surface area contributed by atoms with E-state index in [4.69, 9.17) is 16.3 Å². The second kappa shape index (κ2) is 8.51. The Morgan fingerprint density at radius 3 is 2.56 bits per heavy atom. The number of rotatable bonds is 6. The molecule has 1 aromatic heterocycles. The topological polar surface area (TPSA) is 76.1 Å². The summed E-state index contributed by atoms with van der Waals surface area (Å²) in [6, 6.07) is 13.1. The highest BCUT2D eigenvalue weighted by atomic mass is 35.5. The molecule has 1 amide bonds. The second-order valence-electron chi connectivity index (χ2n) is 5.86. The van der Waals surface area contributed by atoms with Crippen LogP contribution in [0.4, 0.5) is 11.5 Å². The van der Waals surface area contributed by atoms with E-state index in [-0.39, 0.29) is 11.6 Å². The fourth-order valence-electron chi connectivity index (χ4n) is 2.41. The molecule has 0 saturated heterocycles. The van der Waals surface area contributed by atoms with Gasteiger partial charge in [-0.1, -0.05) is 29.8 Å². The van der Waals surface area contributed by atoms with Gasteiger partial charge in [-0.2, -0.15) is 0 Å². The Morgan fingerprint density at radius 1 is 1.11 bits per heavy atom. The third-order valence-electron chi connectivity index (χ3n) is 4.03. The van der Waals surface area contributed by atoms with Crippen molar-refractivity contribution in [1.29, 1.82) is 0 Å². The lowest BCUT2D eigenvalue weighted by Crippen LogP contribution is -2.24. The standard InChI is InChI=1S/C20H19ClN4O2/c1-13-16(21)4-3-5-17(13)25-19-12-22-18(11-23-19)20(26)24-10-14-6-8-15(27-2)9-7-14/h3-9,11-12H,10H2,1-2H3,(H,23,25)(H,24,26). The van der Waals surface area contributed by atoms with Crippen LogP contribution in [0.3, 0.4) is 0 Å². The Hall–Kier alpha value is -3.12. The Balaban J connectivity index is 1.60. The van der Waals surface area contributed by atoms with E-state index in [0.717, 1.165) is 22.6 Å². The fourth-order valence-corrected chi connectivity index (χ4v) is 2.58. The molecule has 0 fully saturated rings. The highest BCUT2D eigenvalue weighted by molar-refractivity contribution is 6.31. The van der Waals surface area contributed by atoms with Crippen molar-refractivity contribution in [3.8, 4) is 5.75 Å². The first-order chi connectivity index (χ1) is 13.1. The maximum Gasteiger partial charge on any atom is 0.271 e. The highest BCUT2D eigenvalue weighted by Crippen LogP contribution is 2.25. The summed E-state index contributed by atoms with van der Waals surface area (Å²) in [6.45, 7) is 2.31. The van der Waals surface area contributed by atoms with Gasteiger partial charge in [0.2, 0.25) is 0 Å². The molecule has 2 aromatic carbocycles. The summed E-state index contributed by atoms with van der Waals surface area (Å²) < 4.78 is 5.11. The quantitative estimate of drug-likeness (QED) is 0.670. The van der Waals surface area contributed by atoms with E-state index in [1.54, 1.807) is 7.11 Å². The zero-order valence-electron chi connectivity index (χ0n) is 15.0. The Morgan fingerprint density at radius 2 is 1.89 bits per heavy atom. The predicted octanol–water partition coefficient (Wildman–Crippen LogP) is 4.12. The molecule has 1 heterocycles. The maximum atomic E-state index is 12.2. The van der Waals surface area contributed by atoms with Crippen LogP contribution in [0.2, 0.25) is 5.02 Å². The van der Waals surface area contributed by atoms with Crippen LogP contribution >= 0.6 is 11.6 Å². The van der Waals surface area contributed by atoms with E-state index in [2.05, 4.69) is 20.6 Å². The average molecular weight is 383 g/mol. The van der Waals surface area contributed by atoms with Crippen LogP contribution in [0.1, 0.15) is 21.6 Å². The summed E-state index contributed by atoms with van der Waals surface area (Å²) in [5.41, 5.74) is 2.97. The SMILES string of the molecule is COc1ccc(CNC(=O)c2cnc(Nc3cccc(Cl)c3C)cn2)cc1. The average Bonchev–Trinajstić information content (AvgIpc) is 2.70. The molecule has 0 unspecified atom stereocenters. The molecule has 0 saturated carbocycles. The molecular formula is C20H19ClN4O2. The molecule has 0 radical (unpaired) electrons. The summed E-state index contributed by atoms with van der Waals surface area (Å²) >= 11 is 6.11. The number of carbonyl (C=O) groups is 1. The molecule has 0 atom stereocenters. The molecular weight excluding hydrogens is 364 g/mol. The number of methoxy groups -OCH3 is 1. The summed E-state index contributed by atoms with van der Waals surface area (Å²) in [6.07, 6.45) is 2.95. The Labute approximate surface area is 162 Å². The molecule has 0 bridgehead atoms. The van der Waals surface area contributed by atoms with E-state index in [0.29, 0.717) is 17.4 Å². The van der Waals surface area contributed by atoms with E-state index in [1.165, 1.54) is 12.4 Å². The molecule has 138 valence electrons. The number of ether oxygens (including phenoxy) is 1. The Bertz CT molecular complexity index is 928. The lowest BCUT2D eigenvalue weighted by Gasteiger charge is -2.10. The van der Waals surface area contributed by atoms with Gasteiger partial charge in [-0.25, -0.2) is 9.97 Å². The number of nitrogens with one attached hydrogen (secondary N) is 2. The van der Waals surface area contributed by atoms with Gasteiger partial charge in [-0.05, 0) is 42.3 Å². The van der Waals surface area contributed by atoms with Crippen molar-refractivity contribution < 1.29 is 9.53 Å². The number of hydrogen-bond acceptors (Lipinski definition) is 5. The maximum absolute atomic E-state index is 12.2. The van der Waals surface area contributed by atoms with Crippen molar-refractivity contribution >= 4 is 29.0 Å². The van der Waals surface area contributed by atoms with Crippen LogP contribution in [0.25, 0.3) is 0 Å². The van der Waals surface area contributed by atoms with Gasteiger partial charge in [0.25, 0.3) is 5.91 Å². The third kappa shape index (κ3) is 4.74. The van der Waals surface area contributed by atoms with E-state index in [1.807, 2.05) is 49.4 Å². The molecule has 0 aliphatic carbocycles. The first-order valence-corrected chi connectivity index (χ1v) is 8.70. The molecule has 0 aliphatic heterocycles. The first-order valence-electron chi connectivity index (χ1n) is 8.32.